The van der Waals surface area contributed by atoms with Crippen molar-refractivity contribution in [2.75, 3.05) is 7.11 Å². The number of esters is 1. The van der Waals surface area contributed by atoms with Gasteiger partial charge in [-0.1, -0.05) is 69.0 Å². The minimum Gasteiger partial charge on any atom is -0.493 e. The van der Waals surface area contributed by atoms with Crippen LogP contribution in [0.15, 0.2) is 54.6 Å². The SMILES string of the molecule is CCCCCCCC(=O)CC(O)C=Cc1ccc(OC(=O)c2ccccc2)c(OC)c1. The number of ketones is 1. The number of ether oxygens (including phenoxy) is 2. The van der Waals surface area contributed by atoms with E-state index in [0.29, 0.717) is 23.5 Å². The summed E-state index contributed by atoms with van der Waals surface area (Å²) in [6.07, 6.45) is 8.62. The number of hydrogen-bond acceptors (Lipinski definition) is 5. The van der Waals surface area contributed by atoms with Gasteiger partial charge < -0.3 is 14.6 Å². The van der Waals surface area contributed by atoms with Crippen LogP contribution >= 0.6 is 0 Å². The molecule has 0 fully saturated rings. The fourth-order valence-corrected chi connectivity index (χ4v) is 3.16. The lowest BCUT2D eigenvalue weighted by Gasteiger charge is -2.10. The first-order valence-electron chi connectivity index (χ1n) is 10.9. The molecular formula is C26H32O5. The lowest BCUT2D eigenvalue weighted by molar-refractivity contribution is -0.120. The average molecular weight is 425 g/mol. The van der Waals surface area contributed by atoms with Gasteiger partial charge in [0.2, 0.25) is 0 Å². The topological polar surface area (TPSA) is 72.8 Å². The van der Waals surface area contributed by atoms with Crippen molar-refractivity contribution >= 4 is 17.8 Å². The first-order chi connectivity index (χ1) is 15.0. The summed E-state index contributed by atoms with van der Waals surface area (Å²) in [4.78, 5) is 24.3. The summed E-state index contributed by atoms with van der Waals surface area (Å²) in [6, 6.07) is 13.8. The number of carbonyl (C=O) groups excluding carboxylic acids is 2. The molecular weight excluding hydrogens is 392 g/mol. The Balaban J connectivity index is 1.89. The third-order valence-electron chi connectivity index (χ3n) is 4.91. The van der Waals surface area contributed by atoms with E-state index in [-0.39, 0.29) is 12.2 Å². The summed E-state index contributed by atoms with van der Waals surface area (Å²) >= 11 is 0. The largest absolute Gasteiger partial charge is 0.493 e. The highest BCUT2D eigenvalue weighted by Gasteiger charge is 2.13. The number of methoxy groups -OCH3 is 1. The molecule has 5 nitrogen and oxygen atoms in total. The molecule has 0 aromatic heterocycles. The van der Waals surface area contributed by atoms with Crippen molar-refractivity contribution in [3.63, 3.8) is 0 Å². The first-order valence-corrected chi connectivity index (χ1v) is 10.9. The lowest BCUT2D eigenvalue weighted by atomic mass is 10.0. The van der Waals surface area contributed by atoms with Gasteiger partial charge in [-0.05, 0) is 36.2 Å². The molecule has 0 saturated carbocycles. The molecule has 166 valence electrons. The molecule has 0 saturated heterocycles. The molecule has 31 heavy (non-hydrogen) atoms. The Morgan fingerprint density at radius 1 is 1.00 bits per heavy atom. The number of unbranched alkanes of at least 4 members (excludes halogenated alkanes) is 4. The zero-order chi connectivity index (χ0) is 22.5. The van der Waals surface area contributed by atoms with Crippen LogP contribution in [0, 0.1) is 0 Å². The molecule has 2 aromatic carbocycles. The van der Waals surface area contributed by atoms with Crippen LogP contribution in [-0.4, -0.2) is 30.1 Å². The molecule has 0 bridgehead atoms. The summed E-state index contributed by atoms with van der Waals surface area (Å²) in [6.45, 7) is 2.16. The third kappa shape index (κ3) is 8.77. The third-order valence-corrected chi connectivity index (χ3v) is 4.91. The molecule has 2 aromatic rings. The molecule has 0 amide bonds. The van der Waals surface area contributed by atoms with Crippen LogP contribution in [0.4, 0.5) is 0 Å². The Labute approximate surface area is 184 Å². The smallest absolute Gasteiger partial charge is 0.343 e. The van der Waals surface area contributed by atoms with Crippen LogP contribution < -0.4 is 9.47 Å². The van der Waals surface area contributed by atoms with Gasteiger partial charge in [0.25, 0.3) is 0 Å². The fraction of sp³-hybridized carbons (Fsp3) is 0.385. The number of carbonyl (C=O) groups is 2. The van der Waals surface area contributed by atoms with Crippen molar-refractivity contribution in [1.29, 1.82) is 0 Å². The van der Waals surface area contributed by atoms with Gasteiger partial charge in [0.1, 0.15) is 5.78 Å². The molecule has 1 unspecified atom stereocenters. The Kier molecular flexibility index (Phi) is 10.5. The van der Waals surface area contributed by atoms with Crippen LogP contribution in [0.1, 0.15) is 67.8 Å². The standard InChI is InChI=1S/C26H32O5/c1-3-4-5-6-10-13-22(27)19-23(28)16-14-20-15-17-24(25(18-20)30-2)31-26(29)21-11-8-7-9-12-21/h7-9,11-12,14-18,23,28H,3-6,10,13,19H2,1-2H3. The lowest BCUT2D eigenvalue weighted by Crippen LogP contribution is -2.10. The van der Waals surface area contributed by atoms with Gasteiger partial charge in [-0.25, -0.2) is 4.79 Å². The maximum Gasteiger partial charge on any atom is 0.343 e. The van der Waals surface area contributed by atoms with Gasteiger partial charge in [-0.15, -0.1) is 0 Å². The molecule has 0 heterocycles. The van der Waals surface area contributed by atoms with E-state index in [4.69, 9.17) is 9.47 Å². The van der Waals surface area contributed by atoms with Crippen molar-refractivity contribution < 1.29 is 24.2 Å². The van der Waals surface area contributed by atoms with Crippen LogP contribution in [0.25, 0.3) is 6.08 Å². The molecule has 1 atom stereocenters. The fourth-order valence-electron chi connectivity index (χ4n) is 3.16. The molecule has 0 aliphatic carbocycles. The van der Waals surface area contributed by atoms with E-state index in [1.54, 1.807) is 54.6 Å². The molecule has 2 rings (SSSR count). The minimum atomic E-state index is -0.829. The summed E-state index contributed by atoms with van der Waals surface area (Å²) in [5.41, 5.74) is 1.22. The van der Waals surface area contributed by atoms with Crippen LogP contribution in [0.3, 0.4) is 0 Å². The predicted molar refractivity (Wildman–Crippen MR) is 122 cm³/mol. The van der Waals surface area contributed by atoms with Crippen LogP contribution in [-0.2, 0) is 4.79 Å². The van der Waals surface area contributed by atoms with Crippen molar-refractivity contribution in [1.82, 2.24) is 0 Å². The molecule has 0 aliphatic heterocycles. The van der Waals surface area contributed by atoms with Crippen molar-refractivity contribution in [2.45, 2.75) is 58.0 Å². The Morgan fingerprint density at radius 2 is 1.74 bits per heavy atom. The van der Waals surface area contributed by atoms with E-state index < -0.39 is 12.1 Å². The van der Waals surface area contributed by atoms with Gasteiger partial charge in [-0.3, -0.25) is 4.79 Å². The number of Topliss-reactive ketones (excluding diaryl/α,β-unsaturated/α-hetero) is 1. The van der Waals surface area contributed by atoms with Crippen LogP contribution in [0.5, 0.6) is 11.5 Å². The van der Waals surface area contributed by atoms with Gasteiger partial charge in [0, 0.05) is 12.8 Å². The summed E-state index contributed by atoms with van der Waals surface area (Å²) in [5, 5.41) is 10.1. The van der Waals surface area contributed by atoms with Gasteiger partial charge >= 0.3 is 5.97 Å². The Morgan fingerprint density at radius 3 is 2.45 bits per heavy atom. The zero-order valence-electron chi connectivity index (χ0n) is 18.4. The maximum atomic E-state index is 12.3. The van der Waals surface area contributed by atoms with Gasteiger partial charge in [0.15, 0.2) is 11.5 Å². The maximum absolute atomic E-state index is 12.3. The number of aliphatic hydroxyl groups is 1. The van der Waals surface area contributed by atoms with Gasteiger partial charge in [0.05, 0.1) is 18.8 Å². The first kappa shape index (κ1) is 24.4. The van der Waals surface area contributed by atoms with E-state index >= 15 is 0 Å². The molecule has 0 spiro atoms. The Bertz CT molecular complexity index is 857. The highest BCUT2D eigenvalue weighted by molar-refractivity contribution is 5.91. The number of benzene rings is 2. The second-order valence-electron chi connectivity index (χ2n) is 7.50. The number of aliphatic hydroxyl groups excluding tert-OH is 1. The van der Waals surface area contributed by atoms with Gasteiger partial charge in [-0.2, -0.15) is 0 Å². The van der Waals surface area contributed by atoms with E-state index in [1.165, 1.54) is 20.0 Å². The molecule has 0 radical (unpaired) electrons. The molecule has 5 heteroatoms. The van der Waals surface area contributed by atoms with E-state index in [2.05, 4.69) is 6.92 Å². The highest BCUT2D eigenvalue weighted by Crippen LogP contribution is 2.29. The molecule has 0 aliphatic rings. The normalized spacial score (nSPS) is 12.0. The Hall–Kier alpha value is -2.92. The minimum absolute atomic E-state index is 0.0781. The highest BCUT2D eigenvalue weighted by atomic mass is 16.6. The second-order valence-corrected chi connectivity index (χ2v) is 7.50. The van der Waals surface area contributed by atoms with E-state index in [0.717, 1.165) is 24.8 Å². The predicted octanol–water partition coefficient (Wildman–Crippen LogP) is 5.61. The zero-order valence-corrected chi connectivity index (χ0v) is 18.4. The molecule has 1 N–H and O–H groups in total. The monoisotopic (exact) mass is 424 g/mol. The quantitative estimate of drug-likeness (QED) is 0.257. The second kappa shape index (κ2) is 13.4. The summed E-state index contributed by atoms with van der Waals surface area (Å²) in [5.74, 6) is 0.330. The van der Waals surface area contributed by atoms with Crippen molar-refractivity contribution in [2.24, 2.45) is 0 Å². The van der Waals surface area contributed by atoms with Crippen LogP contribution in [0.2, 0.25) is 0 Å². The average Bonchev–Trinajstić information content (AvgIpc) is 2.78. The number of rotatable bonds is 13. The summed E-state index contributed by atoms with van der Waals surface area (Å²) < 4.78 is 10.8. The van der Waals surface area contributed by atoms with E-state index in [1.807, 2.05) is 6.07 Å². The van der Waals surface area contributed by atoms with E-state index in [9.17, 15) is 14.7 Å². The summed E-state index contributed by atoms with van der Waals surface area (Å²) in [7, 11) is 1.50. The van der Waals surface area contributed by atoms with Crippen molar-refractivity contribution in [3.05, 3.63) is 65.7 Å². The number of hydrogen-bond donors (Lipinski definition) is 1. The van der Waals surface area contributed by atoms with Crippen molar-refractivity contribution in [3.8, 4) is 11.5 Å².